The summed E-state index contributed by atoms with van der Waals surface area (Å²) < 4.78 is 0. The number of rotatable bonds is 3. The van der Waals surface area contributed by atoms with E-state index in [9.17, 15) is 4.79 Å². The number of carbonyl (C=O) groups excluding carboxylic acids is 1. The van der Waals surface area contributed by atoms with Gasteiger partial charge >= 0.3 is 0 Å². The first kappa shape index (κ1) is 16.1. The Bertz CT molecular complexity index is 538. The number of nitrogens with zero attached hydrogens (tertiary/aromatic N) is 1. The summed E-state index contributed by atoms with van der Waals surface area (Å²) in [6.07, 6.45) is 2.84. The quantitative estimate of drug-likeness (QED) is 0.873. The number of hydrogen-bond donors (Lipinski definition) is 1. The van der Waals surface area contributed by atoms with Gasteiger partial charge in [0.05, 0.1) is 13.1 Å². The van der Waals surface area contributed by atoms with Crippen LogP contribution in [-0.2, 0) is 11.3 Å². The lowest BCUT2D eigenvalue weighted by Gasteiger charge is -2.21. The Balaban J connectivity index is 1.98. The molecular formula is C17H24N2OS. The Hall–Kier alpha value is -1.31. The third-order valence-electron chi connectivity index (χ3n) is 4.13. The summed E-state index contributed by atoms with van der Waals surface area (Å²) in [6, 6.07) is 2.07. The molecule has 0 radical (unpaired) electrons. The van der Waals surface area contributed by atoms with Gasteiger partial charge in [-0.3, -0.25) is 4.79 Å². The number of hydrogen-bond acceptors (Lipinski definition) is 3. The maximum Gasteiger partial charge on any atom is 0.222 e. The molecule has 1 atom stereocenters. The molecule has 1 saturated heterocycles. The van der Waals surface area contributed by atoms with Crippen molar-refractivity contribution >= 4 is 17.2 Å². The highest BCUT2D eigenvalue weighted by Crippen LogP contribution is 2.26. The van der Waals surface area contributed by atoms with Gasteiger partial charge in [-0.1, -0.05) is 25.7 Å². The Morgan fingerprint density at radius 3 is 3.00 bits per heavy atom. The van der Waals surface area contributed by atoms with E-state index in [1.165, 1.54) is 4.88 Å². The Morgan fingerprint density at radius 1 is 1.48 bits per heavy atom. The van der Waals surface area contributed by atoms with Crippen LogP contribution in [-0.4, -0.2) is 23.9 Å². The topological polar surface area (TPSA) is 46.3 Å². The molecule has 2 heterocycles. The summed E-state index contributed by atoms with van der Waals surface area (Å²) in [5.74, 6) is 7.53. The molecule has 1 amide bonds. The lowest BCUT2D eigenvalue weighted by Crippen LogP contribution is -2.29. The normalized spacial score (nSPS) is 19.3. The second kappa shape index (κ2) is 7.63. The Morgan fingerprint density at radius 2 is 2.29 bits per heavy atom. The van der Waals surface area contributed by atoms with Crippen LogP contribution in [0, 0.1) is 23.7 Å². The van der Waals surface area contributed by atoms with Gasteiger partial charge in [-0.15, -0.1) is 11.3 Å². The molecule has 1 aromatic rings. The minimum Gasteiger partial charge on any atom is -0.338 e. The molecule has 4 heteroatoms. The van der Waals surface area contributed by atoms with E-state index in [2.05, 4.69) is 31.8 Å². The van der Waals surface area contributed by atoms with Crippen molar-refractivity contribution in [3.05, 3.63) is 21.9 Å². The van der Waals surface area contributed by atoms with Gasteiger partial charge in [-0.05, 0) is 30.7 Å². The molecule has 1 fully saturated rings. The molecule has 0 aromatic carbocycles. The fourth-order valence-electron chi connectivity index (χ4n) is 2.76. The zero-order valence-corrected chi connectivity index (χ0v) is 13.7. The SMILES string of the molecule is CC(C)C1CCC(=O)N(Cc2cc(C#CCN)cs2)CC1. The summed E-state index contributed by atoms with van der Waals surface area (Å²) >= 11 is 1.67. The second-order valence-electron chi connectivity index (χ2n) is 5.95. The molecule has 1 aromatic heterocycles. The van der Waals surface area contributed by atoms with Gasteiger partial charge < -0.3 is 10.6 Å². The van der Waals surface area contributed by atoms with Crippen molar-refractivity contribution in [3.63, 3.8) is 0 Å². The van der Waals surface area contributed by atoms with E-state index in [-0.39, 0.29) is 0 Å². The first-order valence-electron chi connectivity index (χ1n) is 7.64. The highest BCUT2D eigenvalue weighted by molar-refractivity contribution is 7.10. The molecule has 0 saturated carbocycles. The van der Waals surface area contributed by atoms with Crippen LogP contribution in [0.5, 0.6) is 0 Å². The van der Waals surface area contributed by atoms with Crippen LogP contribution in [0.2, 0.25) is 0 Å². The molecule has 1 aliphatic rings. The summed E-state index contributed by atoms with van der Waals surface area (Å²) in [4.78, 5) is 15.5. The minimum absolute atomic E-state index is 0.293. The van der Waals surface area contributed by atoms with Crippen molar-refractivity contribution in [3.8, 4) is 11.8 Å². The largest absolute Gasteiger partial charge is 0.338 e. The van der Waals surface area contributed by atoms with Gasteiger partial charge in [0.1, 0.15) is 0 Å². The lowest BCUT2D eigenvalue weighted by molar-refractivity contribution is -0.131. The fourth-order valence-corrected chi connectivity index (χ4v) is 3.59. The van der Waals surface area contributed by atoms with Gasteiger partial charge in [0.15, 0.2) is 0 Å². The van der Waals surface area contributed by atoms with E-state index in [0.29, 0.717) is 30.7 Å². The maximum atomic E-state index is 12.3. The van der Waals surface area contributed by atoms with Gasteiger partial charge in [-0.2, -0.15) is 0 Å². The maximum absolute atomic E-state index is 12.3. The molecule has 1 unspecified atom stereocenters. The Kier molecular flexibility index (Phi) is 5.84. The van der Waals surface area contributed by atoms with Crippen molar-refractivity contribution in [2.45, 2.75) is 39.7 Å². The number of likely N-dealkylation sites (tertiary alicyclic amines) is 1. The van der Waals surface area contributed by atoms with Crippen molar-refractivity contribution in [1.82, 2.24) is 4.90 Å². The average molecular weight is 304 g/mol. The van der Waals surface area contributed by atoms with Crippen LogP contribution in [0.25, 0.3) is 0 Å². The van der Waals surface area contributed by atoms with Crippen molar-refractivity contribution in [2.75, 3.05) is 13.1 Å². The van der Waals surface area contributed by atoms with E-state index in [4.69, 9.17) is 5.73 Å². The Labute approximate surface area is 131 Å². The first-order valence-corrected chi connectivity index (χ1v) is 8.52. The summed E-state index contributed by atoms with van der Waals surface area (Å²) in [6.45, 7) is 6.49. The van der Waals surface area contributed by atoms with Crippen molar-refractivity contribution in [1.29, 1.82) is 0 Å². The molecule has 114 valence electrons. The van der Waals surface area contributed by atoms with Gasteiger partial charge in [0.25, 0.3) is 0 Å². The summed E-state index contributed by atoms with van der Waals surface area (Å²) in [7, 11) is 0. The molecule has 0 spiro atoms. The smallest absolute Gasteiger partial charge is 0.222 e. The summed E-state index contributed by atoms with van der Waals surface area (Å²) in [5, 5.41) is 2.04. The van der Waals surface area contributed by atoms with Crippen LogP contribution in [0.15, 0.2) is 11.4 Å². The molecule has 2 N–H and O–H groups in total. The first-order chi connectivity index (χ1) is 10.1. The fraction of sp³-hybridized carbons (Fsp3) is 0.588. The van der Waals surface area contributed by atoms with E-state index < -0.39 is 0 Å². The van der Waals surface area contributed by atoms with E-state index in [1.807, 2.05) is 10.3 Å². The molecule has 21 heavy (non-hydrogen) atoms. The van der Waals surface area contributed by atoms with Crippen LogP contribution in [0.4, 0.5) is 0 Å². The molecular weight excluding hydrogens is 280 g/mol. The van der Waals surface area contributed by atoms with Crippen LogP contribution in [0.3, 0.4) is 0 Å². The van der Waals surface area contributed by atoms with Gasteiger partial charge in [0.2, 0.25) is 5.91 Å². The molecule has 2 rings (SSSR count). The number of nitrogens with two attached hydrogens (primary N) is 1. The monoisotopic (exact) mass is 304 g/mol. The van der Waals surface area contributed by atoms with Crippen LogP contribution < -0.4 is 5.73 Å². The van der Waals surface area contributed by atoms with Crippen molar-refractivity contribution < 1.29 is 4.79 Å². The van der Waals surface area contributed by atoms with E-state index in [1.54, 1.807) is 11.3 Å². The molecule has 0 bridgehead atoms. The zero-order chi connectivity index (χ0) is 15.2. The minimum atomic E-state index is 0.293. The predicted molar refractivity (Wildman–Crippen MR) is 87.8 cm³/mol. The molecule has 1 aliphatic heterocycles. The van der Waals surface area contributed by atoms with E-state index in [0.717, 1.165) is 31.5 Å². The third-order valence-corrected chi connectivity index (χ3v) is 5.05. The summed E-state index contributed by atoms with van der Waals surface area (Å²) in [5.41, 5.74) is 6.38. The standard InChI is InChI=1S/C17H24N2OS/c1-13(2)15-5-6-17(20)19(9-7-15)11-16-10-14(12-21-16)4-3-8-18/h10,12-13,15H,5-9,11,18H2,1-2H3. The van der Waals surface area contributed by atoms with Gasteiger partial charge in [-0.25, -0.2) is 0 Å². The number of amides is 1. The third kappa shape index (κ3) is 4.59. The van der Waals surface area contributed by atoms with Crippen LogP contribution >= 0.6 is 11.3 Å². The number of thiophene rings is 1. The zero-order valence-electron chi connectivity index (χ0n) is 12.9. The second-order valence-corrected chi connectivity index (χ2v) is 6.95. The molecule has 3 nitrogen and oxygen atoms in total. The van der Waals surface area contributed by atoms with Gasteiger partial charge in [0, 0.05) is 28.8 Å². The average Bonchev–Trinajstić information content (AvgIpc) is 2.82. The predicted octanol–water partition coefficient (Wildman–Crippen LogP) is 2.84. The van der Waals surface area contributed by atoms with E-state index >= 15 is 0 Å². The highest BCUT2D eigenvalue weighted by atomic mass is 32.1. The van der Waals surface area contributed by atoms with Crippen molar-refractivity contribution in [2.24, 2.45) is 17.6 Å². The highest BCUT2D eigenvalue weighted by Gasteiger charge is 2.24. The lowest BCUT2D eigenvalue weighted by atomic mass is 9.89. The number of carbonyl (C=O) groups is 1. The molecule has 0 aliphatic carbocycles. The van der Waals surface area contributed by atoms with Crippen LogP contribution in [0.1, 0.15) is 43.6 Å².